The zero-order valence-corrected chi connectivity index (χ0v) is 15.0. The summed E-state index contributed by atoms with van der Waals surface area (Å²) in [6.45, 7) is 3.36. The van der Waals surface area contributed by atoms with E-state index in [1.54, 1.807) is 0 Å². The molecule has 136 valence electrons. The highest BCUT2D eigenvalue weighted by molar-refractivity contribution is 5.94. The largest absolute Gasteiger partial charge is 0.396 e. The van der Waals surface area contributed by atoms with E-state index in [1.807, 2.05) is 12.1 Å². The quantitative estimate of drug-likeness (QED) is 0.801. The molecule has 2 N–H and O–H groups in total. The maximum absolute atomic E-state index is 12.5. The van der Waals surface area contributed by atoms with Crippen molar-refractivity contribution in [3.63, 3.8) is 0 Å². The molecule has 0 bridgehead atoms. The van der Waals surface area contributed by atoms with Crippen LogP contribution in [0.3, 0.4) is 0 Å². The van der Waals surface area contributed by atoms with Gasteiger partial charge in [-0.05, 0) is 87.1 Å². The maximum Gasteiger partial charge on any atom is 0.251 e. The molecule has 25 heavy (non-hydrogen) atoms. The Bertz CT molecular complexity index is 572. The Kier molecular flexibility index (Phi) is 5.09. The number of benzene rings is 1. The number of piperidine rings is 1. The molecule has 4 heteroatoms. The van der Waals surface area contributed by atoms with E-state index >= 15 is 0 Å². The van der Waals surface area contributed by atoms with Crippen LogP contribution in [0.25, 0.3) is 0 Å². The van der Waals surface area contributed by atoms with Crippen LogP contribution in [0.1, 0.15) is 54.4 Å². The number of amides is 1. The standard InChI is InChI=1S/C21H30N2O2/c24-14-16-9-11-23(12-10-16)13-15-1-3-19(4-2-15)21(25)22-20(17-5-6-17)18-7-8-18/h1-4,16-18,20,24H,5-14H2,(H,22,25). The monoisotopic (exact) mass is 342 g/mol. The number of aliphatic hydroxyl groups is 1. The van der Waals surface area contributed by atoms with Gasteiger partial charge in [0.2, 0.25) is 0 Å². The highest BCUT2D eigenvalue weighted by Gasteiger charge is 2.42. The zero-order chi connectivity index (χ0) is 17.2. The van der Waals surface area contributed by atoms with Crippen molar-refractivity contribution in [2.45, 2.75) is 51.1 Å². The van der Waals surface area contributed by atoms with Gasteiger partial charge in [-0.3, -0.25) is 9.69 Å². The Morgan fingerprint density at radius 1 is 1.04 bits per heavy atom. The Morgan fingerprint density at radius 2 is 1.64 bits per heavy atom. The summed E-state index contributed by atoms with van der Waals surface area (Å²) in [5, 5.41) is 12.5. The topological polar surface area (TPSA) is 52.6 Å². The van der Waals surface area contributed by atoms with Gasteiger partial charge in [0.15, 0.2) is 0 Å². The Balaban J connectivity index is 1.30. The van der Waals surface area contributed by atoms with Crippen molar-refractivity contribution in [1.82, 2.24) is 10.2 Å². The second-order valence-electron chi connectivity index (χ2n) is 8.27. The summed E-state index contributed by atoms with van der Waals surface area (Å²) < 4.78 is 0. The molecule has 0 spiro atoms. The van der Waals surface area contributed by atoms with E-state index in [2.05, 4.69) is 22.3 Å². The molecular weight excluding hydrogens is 312 g/mol. The maximum atomic E-state index is 12.5. The predicted molar refractivity (Wildman–Crippen MR) is 98.2 cm³/mol. The number of likely N-dealkylation sites (tertiary alicyclic amines) is 1. The van der Waals surface area contributed by atoms with Crippen LogP contribution in [0.4, 0.5) is 0 Å². The van der Waals surface area contributed by atoms with Crippen molar-refractivity contribution in [1.29, 1.82) is 0 Å². The molecule has 1 aliphatic heterocycles. The summed E-state index contributed by atoms with van der Waals surface area (Å²) in [5.74, 6) is 2.04. The van der Waals surface area contributed by atoms with Gasteiger partial charge in [0.05, 0.1) is 0 Å². The number of carbonyl (C=O) groups is 1. The molecule has 1 heterocycles. The van der Waals surface area contributed by atoms with E-state index in [4.69, 9.17) is 0 Å². The third-order valence-corrected chi connectivity index (χ3v) is 6.15. The summed E-state index contributed by atoms with van der Waals surface area (Å²) in [6.07, 6.45) is 7.31. The van der Waals surface area contributed by atoms with Crippen molar-refractivity contribution in [2.24, 2.45) is 17.8 Å². The van der Waals surface area contributed by atoms with Crippen LogP contribution in [-0.2, 0) is 6.54 Å². The van der Waals surface area contributed by atoms with Crippen LogP contribution in [0, 0.1) is 17.8 Å². The molecular formula is C21H30N2O2. The van der Waals surface area contributed by atoms with E-state index in [-0.39, 0.29) is 5.91 Å². The Hall–Kier alpha value is -1.39. The molecule has 4 nitrogen and oxygen atoms in total. The molecule has 0 atom stereocenters. The van der Waals surface area contributed by atoms with E-state index in [1.165, 1.54) is 31.2 Å². The molecule has 1 aromatic rings. The minimum Gasteiger partial charge on any atom is -0.396 e. The molecule has 4 rings (SSSR count). The van der Waals surface area contributed by atoms with Crippen molar-refractivity contribution in [2.75, 3.05) is 19.7 Å². The number of nitrogens with one attached hydrogen (secondary N) is 1. The molecule has 3 fully saturated rings. The van der Waals surface area contributed by atoms with Gasteiger partial charge in [0.1, 0.15) is 0 Å². The fraction of sp³-hybridized carbons (Fsp3) is 0.667. The van der Waals surface area contributed by atoms with Crippen LogP contribution in [-0.4, -0.2) is 41.7 Å². The minimum absolute atomic E-state index is 0.0964. The number of hydrogen-bond donors (Lipinski definition) is 2. The smallest absolute Gasteiger partial charge is 0.251 e. The third kappa shape index (κ3) is 4.42. The number of nitrogens with zero attached hydrogens (tertiary/aromatic N) is 1. The van der Waals surface area contributed by atoms with Gasteiger partial charge in [-0.1, -0.05) is 12.1 Å². The first-order valence-electron chi connectivity index (χ1n) is 9.96. The predicted octanol–water partition coefficient (Wildman–Crippen LogP) is 2.81. The normalized spacial score (nSPS) is 22.3. The molecule has 0 radical (unpaired) electrons. The van der Waals surface area contributed by atoms with Crippen molar-refractivity contribution in [3.05, 3.63) is 35.4 Å². The highest BCUT2D eigenvalue weighted by Crippen LogP contribution is 2.44. The van der Waals surface area contributed by atoms with Gasteiger partial charge >= 0.3 is 0 Å². The van der Waals surface area contributed by atoms with E-state index in [0.29, 0.717) is 18.6 Å². The van der Waals surface area contributed by atoms with Crippen LogP contribution >= 0.6 is 0 Å². The number of rotatable bonds is 7. The molecule has 0 unspecified atom stereocenters. The molecule has 2 aliphatic carbocycles. The molecule has 3 aliphatic rings. The van der Waals surface area contributed by atoms with E-state index in [0.717, 1.165) is 49.9 Å². The van der Waals surface area contributed by atoms with Crippen molar-refractivity contribution >= 4 is 5.91 Å². The average Bonchev–Trinajstić information content (AvgIpc) is 3.54. The summed E-state index contributed by atoms with van der Waals surface area (Å²) >= 11 is 0. The highest BCUT2D eigenvalue weighted by atomic mass is 16.3. The van der Waals surface area contributed by atoms with E-state index < -0.39 is 0 Å². The summed E-state index contributed by atoms with van der Waals surface area (Å²) in [4.78, 5) is 15.0. The molecule has 0 aromatic heterocycles. The minimum atomic E-state index is 0.0964. The van der Waals surface area contributed by atoms with Crippen LogP contribution < -0.4 is 5.32 Å². The first kappa shape index (κ1) is 17.0. The van der Waals surface area contributed by atoms with Gasteiger partial charge < -0.3 is 10.4 Å². The summed E-state index contributed by atoms with van der Waals surface area (Å²) in [6, 6.07) is 8.55. The number of aliphatic hydroxyl groups excluding tert-OH is 1. The van der Waals surface area contributed by atoms with Gasteiger partial charge in [-0.25, -0.2) is 0 Å². The Morgan fingerprint density at radius 3 is 2.16 bits per heavy atom. The van der Waals surface area contributed by atoms with Crippen LogP contribution in [0.5, 0.6) is 0 Å². The first-order valence-corrected chi connectivity index (χ1v) is 9.96. The SMILES string of the molecule is O=C(NC(C1CC1)C1CC1)c1ccc(CN2CCC(CO)CC2)cc1. The fourth-order valence-corrected chi connectivity index (χ4v) is 4.11. The van der Waals surface area contributed by atoms with Gasteiger partial charge in [0, 0.05) is 24.8 Å². The fourth-order valence-electron chi connectivity index (χ4n) is 4.11. The van der Waals surface area contributed by atoms with Crippen molar-refractivity contribution in [3.8, 4) is 0 Å². The Labute approximate surface area is 150 Å². The molecule has 1 aromatic carbocycles. The number of carbonyl (C=O) groups excluding carboxylic acids is 1. The lowest BCUT2D eigenvalue weighted by Crippen LogP contribution is -2.38. The molecule has 1 saturated heterocycles. The first-order chi connectivity index (χ1) is 12.2. The third-order valence-electron chi connectivity index (χ3n) is 6.15. The molecule has 1 amide bonds. The van der Waals surface area contributed by atoms with Crippen molar-refractivity contribution < 1.29 is 9.90 Å². The lowest BCUT2D eigenvalue weighted by Gasteiger charge is -2.31. The lowest BCUT2D eigenvalue weighted by molar-refractivity contribution is 0.0926. The number of hydrogen-bond acceptors (Lipinski definition) is 3. The van der Waals surface area contributed by atoms with Crippen LogP contribution in [0.2, 0.25) is 0 Å². The van der Waals surface area contributed by atoms with E-state index in [9.17, 15) is 9.90 Å². The van der Waals surface area contributed by atoms with Gasteiger partial charge in [0.25, 0.3) is 5.91 Å². The van der Waals surface area contributed by atoms with Gasteiger partial charge in [-0.2, -0.15) is 0 Å². The second-order valence-corrected chi connectivity index (χ2v) is 8.27. The van der Waals surface area contributed by atoms with Crippen LogP contribution in [0.15, 0.2) is 24.3 Å². The molecule has 2 saturated carbocycles. The summed E-state index contributed by atoms with van der Waals surface area (Å²) in [5.41, 5.74) is 2.05. The second kappa shape index (κ2) is 7.46. The lowest BCUT2D eigenvalue weighted by atomic mass is 9.97. The van der Waals surface area contributed by atoms with Gasteiger partial charge in [-0.15, -0.1) is 0 Å². The zero-order valence-electron chi connectivity index (χ0n) is 15.0. The average molecular weight is 342 g/mol. The summed E-state index contributed by atoms with van der Waals surface area (Å²) in [7, 11) is 0.